The largest absolute Gasteiger partial charge is 0.277 e. The Morgan fingerprint density at radius 2 is 1.71 bits per heavy atom. The van der Waals surface area contributed by atoms with Crippen molar-refractivity contribution in [2.24, 2.45) is 0 Å². The van der Waals surface area contributed by atoms with E-state index in [-0.39, 0.29) is 10.7 Å². The number of anilines is 1. The second-order valence-corrected chi connectivity index (χ2v) is 6.51. The average Bonchev–Trinajstić information content (AvgIpc) is 2.43. The quantitative estimate of drug-likeness (QED) is 0.883. The highest BCUT2D eigenvalue weighted by Crippen LogP contribution is 2.23. The number of nitrogens with one attached hydrogen (secondary N) is 1. The van der Waals surface area contributed by atoms with Crippen molar-refractivity contribution in [3.05, 3.63) is 69.3 Å². The van der Waals surface area contributed by atoms with Crippen LogP contribution >= 0.6 is 23.2 Å². The van der Waals surface area contributed by atoms with E-state index >= 15 is 0 Å². The van der Waals surface area contributed by atoms with Crippen LogP contribution in [0.2, 0.25) is 10.0 Å². The van der Waals surface area contributed by atoms with Gasteiger partial charge in [-0.25, -0.2) is 12.8 Å². The molecule has 0 aliphatic carbocycles. The third-order valence-electron chi connectivity index (χ3n) is 2.51. The summed E-state index contributed by atoms with van der Waals surface area (Å²) in [5.74, 6) is -0.817. The maximum absolute atomic E-state index is 13.6. The minimum absolute atomic E-state index is 0.156. The van der Waals surface area contributed by atoms with Crippen molar-refractivity contribution in [3.8, 4) is 0 Å². The summed E-state index contributed by atoms with van der Waals surface area (Å²) in [5, 5.41) is 1.34. The summed E-state index contributed by atoms with van der Waals surface area (Å²) in [6, 6.07) is 10.7. The minimum Gasteiger partial charge on any atom is -0.277 e. The topological polar surface area (TPSA) is 46.2 Å². The van der Waals surface area contributed by atoms with Crippen LogP contribution in [0.5, 0.6) is 0 Å². The van der Waals surface area contributed by atoms with E-state index in [2.05, 4.69) is 4.72 Å². The Morgan fingerprint density at radius 3 is 2.38 bits per heavy atom. The summed E-state index contributed by atoms with van der Waals surface area (Å²) in [6.45, 7) is 0. The first-order valence-electron chi connectivity index (χ1n) is 5.78. The first-order valence-corrected chi connectivity index (χ1v) is 8.08. The number of hydrogen-bond acceptors (Lipinski definition) is 2. The van der Waals surface area contributed by atoms with E-state index in [4.69, 9.17) is 23.2 Å². The lowest BCUT2D eigenvalue weighted by atomic mass is 10.2. The van der Waals surface area contributed by atoms with Gasteiger partial charge in [0.2, 0.25) is 0 Å². The molecular formula is C14H10Cl2FNO2S. The number of sulfonamides is 1. The number of benzene rings is 2. The van der Waals surface area contributed by atoms with Crippen molar-refractivity contribution in [1.29, 1.82) is 0 Å². The van der Waals surface area contributed by atoms with Gasteiger partial charge in [0.25, 0.3) is 10.0 Å². The van der Waals surface area contributed by atoms with Crippen LogP contribution in [0.4, 0.5) is 10.1 Å². The molecule has 1 N–H and O–H groups in total. The van der Waals surface area contributed by atoms with Crippen LogP contribution < -0.4 is 4.72 Å². The molecule has 2 aromatic rings. The highest BCUT2D eigenvalue weighted by Gasteiger charge is 2.11. The standard InChI is InChI=1S/C14H10Cl2FNO2S/c15-11-6-4-10(5-7-11)8-9-21(19,20)18-13-3-1-2-12(16)14(13)17/h1-9,18H/b9-8+. The molecule has 110 valence electrons. The number of rotatable bonds is 4. The number of hydrogen-bond donors (Lipinski definition) is 1. The van der Waals surface area contributed by atoms with E-state index in [1.54, 1.807) is 24.3 Å². The summed E-state index contributed by atoms with van der Waals surface area (Å²) >= 11 is 11.3. The van der Waals surface area contributed by atoms with Gasteiger partial charge < -0.3 is 0 Å². The van der Waals surface area contributed by atoms with E-state index in [0.717, 1.165) is 5.41 Å². The summed E-state index contributed by atoms with van der Waals surface area (Å²) < 4.78 is 39.5. The Morgan fingerprint density at radius 1 is 1.05 bits per heavy atom. The maximum atomic E-state index is 13.6. The van der Waals surface area contributed by atoms with Crippen LogP contribution in [0.3, 0.4) is 0 Å². The van der Waals surface area contributed by atoms with Gasteiger partial charge in [0.15, 0.2) is 5.82 Å². The van der Waals surface area contributed by atoms with Crippen LogP contribution in [-0.4, -0.2) is 8.42 Å². The highest BCUT2D eigenvalue weighted by atomic mass is 35.5. The Balaban J connectivity index is 2.19. The van der Waals surface area contributed by atoms with Gasteiger partial charge in [0, 0.05) is 5.02 Å². The molecule has 0 aliphatic rings. The molecule has 0 aromatic heterocycles. The lowest BCUT2D eigenvalue weighted by Gasteiger charge is -2.06. The van der Waals surface area contributed by atoms with Gasteiger partial charge in [-0.2, -0.15) is 0 Å². The zero-order chi connectivity index (χ0) is 15.5. The van der Waals surface area contributed by atoms with Crippen molar-refractivity contribution < 1.29 is 12.8 Å². The normalized spacial score (nSPS) is 11.8. The molecule has 0 unspecified atom stereocenters. The Hall–Kier alpha value is -1.56. The molecule has 21 heavy (non-hydrogen) atoms. The smallest absolute Gasteiger partial charge is 0.255 e. The Labute approximate surface area is 132 Å². The second-order valence-electron chi connectivity index (χ2n) is 4.10. The van der Waals surface area contributed by atoms with E-state index in [9.17, 15) is 12.8 Å². The molecule has 0 heterocycles. The van der Waals surface area contributed by atoms with E-state index in [1.165, 1.54) is 24.3 Å². The molecule has 0 bridgehead atoms. The predicted octanol–water partition coefficient (Wildman–Crippen LogP) is 4.55. The average molecular weight is 346 g/mol. The van der Waals surface area contributed by atoms with E-state index in [1.807, 2.05) is 0 Å². The van der Waals surface area contributed by atoms with E-state index in [0.29, 0.717) is 10.6 Å². The van der Waals surface area contributed by atoms with E-state index < -0.39 is 15.8 Å². The van der Waals surface area contributed by atoms with Crippen molar-refractivity contribution in [2.75, 3.05) is 4.72 Å². The van der Waals surface area contributed by atoms with Gasteiger partial charge in [0.1, 0.15) is 0 Å². The van der Waals surface area contributed by atoms with Gasteiger partial charge >= 0.3 is 0 Å². The van der Waals surface area contributed by atoms with Crippen molar-refractivity contribution >= 4 is 45.0 Å². The van der Waals surface area contributed by atoms with Crippen LogP contribution in [-0.2, 0) is 10.0 Å². The first kappa shape index (κ1) is 15.8. The SMILES string of the molecule is O=S(=O)(/C=C/c1ccc(Cl)cc1)Nc1cccc(Cl)c1F. The van der Waals surface area contributed by atoms with Gasteiger partial charge in [-0.3, -0.25) is 4.72 Å². The fourth-order valence-electron chi connectivity index (χ4n) is 1.51. The molecule has 3 nitrogen and oxygen atoms in total. The molecular weight excluding hydrogens is 336 g/mol. The molecule has 0 amide bonds. The fraction of sp³-hybridized carbons (Fsp3) is 0. The van der Waals surface area contributed by atoms with Crippen molar-refractivity contribution in [2.45, 2.75) is 0 Å². The molecule has 0 saturated carbocycles. The van der Waals surface area contributed by atoms with Crippen molar-refractivity contribution in [1.82, 2.24) is 0 Å². The molecule has 2 rings (SSSR count). The fourth-order valence-corrected chi connectivity index (χ4v) is 2.68. The lowest BCUT2D eigenvalue weighted by Crippen LogP contribution is -2.10. The van der Waals surface area contributed by atoms with Crippen LogP contribution in [0.15, 0.2) is 47.9 Å². The van der Waals surface area contributed by atoms with Gasteiger partial charge in [-0.05, 0) is 35.9 Å². The number of halogens is 3. The first-order chi connectivity index (χ1) is 9.87. The summed E-state index contributed by atoms with van der Waals surface area (Å²) in [5.41, 5.74) is 0.444. The zero-order valence-electron chi connectivity index (χ0n) is 10.6. The van der Waals surface area contributed by atoms with Crippen LogP contribution in [0.1, 0.15) is 5.56 Å². The monoisotopic (exact) mass is 345 g/mol. The van der Waals surface area contributed by atoms with Crippen LogP contribution in [0, 0.1) is 5.82 Å². The second kappa shape index (κ2) is 6.47. The summed E-state index contributed by atoms with van der Waals surface area (Å²) in [6.07, 6.45) is 1.38. The zero-order valence-corrected chi connectivity index (χ0v) is 12.9. The van der Waals surface area contributed by atoms with Gasteiger partial charge in [0.05, 0.1) is 16.1 Å². The van der Waals surface area contributed by atoms with Gasteiger partial charge in [-0.1, -0.05) is 41.4 Å². The third kappa shape index (κ3) is 4.46. The predicted molar refractivity (Wildman–Crippen MR) is 84.4 cm³/mol. The lowest BCUT2D eigenvalue weighted by molar-refractivity contribution is 0.606. The van der Waals surface area contributed by atoms with Crippen LogP contribution in [0.25, 0.3) is 6.08 Å². The molecule has 0 aliphatic heterocycles. The highest BCUT2D eigenvalue weighted by molar-refractivity contribution is 7.95. The molecule has 0 fully saturated rings. The Bertz CT molecular complexity index is 774. The third-order valence-corrected chi connectivity index (χ3v) is 4.06. The maximum Gasteiger partial charge on any atom is 0.255 e. The minimum atomic E-state index is -3.84. The van der Waals surface area contributed by atoms with Gasteiger partial charge in [-0.15, -0.1) is 0 Å². The summed E-state index contributed by atoms with van der Waals surface area (Å²) in [4.78, 5) is 0. The van der Waals surface area contributed by atoms with Crippen molar-refractivity contribution in [3.63, 3.8) is 0 Å². The Kier molecular flexibility index (Phi) is 4.88. The molecule has 0 saturated heterocycles. The molecule has 2 aromatic carbocycles. The molecule has 0 spiro atoms. The molecule has 7 heteroatoms. The molecule has 0 radical (unpaired) electrons. The summed E-state index contributed by atoms with van der Waals surface area (Å²) in [7, 11) is -3.84. The molecule has 0 atom stereocenters.